The van der Waals surface area contributed by atoms with Crippen molar-refractivity contribution in [2.75, 3.05) is 25.0 Å². The molecule has 1 heterocycles. The molecule has 1 amide bonds. The number of likely N-dealkylation sites (tertiary alicyclic amines) is 1. The lowest BCUT2D eigenvalue weighted by Gasteiger charge is -2.32. The van der Waals surface area contributed by atoms with Crippen LogP contribution in [0.15, 0.2) is 78.9 Å². The van der Waals surface area contributed by atoms with E-state index < -0.39 is 0 Å². The molecule has 2 fully saturated rings. The van der Waals surface area contributed by atoms with E-state index in [-0.39, 0.29) is 11.9 Å². The highest BCUT2D eigenvalue weighted by Crippen LogP contribution is 2.38. The molecule has 0 atom stereocenters. The van der Waals surface area contributed by atoms with Crippen LogP contribution in [-0.2, 0) is 14.3 Å². The van der Waals surface area contributed by atoms with E-state index in [4.69, 9.17) is 4.74 Å². The van der Waals surface area contributed by atoms with Crippen LogP contribution in [0.4, 0.5) is 5.69 Å². The number of benzene rings is 3. The second-order valence-electron chi connectivity index (χ2n) is 11.1. The zero-order valence-electron chi connectivity index (χ0n) is 23.7. The van der Waals surface area contributed by atoms with Gasteiger partial charge in [-0.15, -0.1) is 0 Å². The number of hydrogen-bond acceptors (Lipinski definition) is 4. The molecule has 0 aromatic heterocycles. The minimum Gasteiger partial charge on any atom is -0.466 e. The summed E-state index contributed by atoms with van der Waals surface area (Å²) in [5.41, 5.74) is 7.99. The van der Waals surface area contributed by atoms with E-state index in [1.54, 1.807) is 0 Å². The highest BCUT2D eigenvalue weighted by Gasteiger charge is 2.32. The normalized spacial score (nSPS) is 16.8. The van der Waals surface area contributed by atoms with E-state index in [0.29, 0.717) is 12.5 Å². The summed E-state index contributed by atoms with van der Waals surface area (Å²) in [6.07, 6.45) is 6.72. The summed E-state index contributed by atoms with van der Waals surface area (Å²) >= 11 is 0. The molecule has 5 heteroatoms. The molecule has 5 nitrogen and oxygen atoms in total. The van der Waals surface area contributed by atoms with Crippen molar-refractivity contribution in [2.24, 2.45) is 0 Å². The first-order valence-electron chi connectivity index (χ1n) is 14.6. The molecule has 1 saturated heterocycles. The average Bonchev–Trinajstić information content (AvgIpc) is 3.82. The Morgan fingerprint density at radius 1 is 0.800 bits per heavy atom. The van der Waals surface area contributed by atoms with Crippen molar-refractivity contribution in [3.05, 3.63) is 101 Å². The van der Waals surface area contributed by atoms with Crippen molar-refractivity contribution >= 4 is 28.7 Å². The lowest BCUT2D eigenvalue weighted by molar-refractivity contribution is -0.141. The third-order valence-corrected chi connectivity index (χ3v) is 8.06. The lowest BCUT2D eigenvalue weighted by Crippen LogP contribution is -2.34. The number of carbonyl (C=O) groups excluding carboxylic acids is 2. The Kier molecular flexibility index (Phi) is 9.12. The van der Waals surface area contributed by atoms with Gasteiger partial charge in [-0.2, -0.15) is 0 Å². The predicted octanol–water partition coefficient (Wildman–Crippen LogP) is 7.29. The number of ether oxygens (including phenoxy) is 1. The van der Waals surface area contributed by atoms with Gasteiger partial charge in [0.1, 0.15) is 0 Å². The summed E-state index contributed by atoms with van der Waals surface area (Å²) in [7, 11) is 0. The molecule has 0 radical (unpaired) electrons. The van der Waals surface area contributed by atoms with Crippen LogP contribution in [0.5, 0.6) is 0 Å². The summed E-state index contributed by atoms with van der Waals surface area (Å²) in [6, 6.07) is 28.6. The number of rotatable bonds is 10. The van der Waals surface area contributed by atoms with E-state index in [1.807, 2.05) is 18.2 Å². The van der Waals surface area contributed by atoms with Crippen LogP contribution in [-0.4, -0.2) is 42.5 Å². The Morgan fingerprint density at radius 3 is 2.00 bits per heavy atom. The van der Waals surface area contributed by atoms with Crippen LogP contribution in [0, 0.1) is 0 Å². The first-order chi connectivity index (χ1) is 19.5. The van der Waals surface area contributed by atoms with E-state index in [1.165, 1.54) is 69.3 Å². The molecule has 40 heavy (non-hydrogen) atoms. The van der Waals surface area contributed by atoms with Gasteiger partial charge in [-0.25, -0.2) is 0 Å². The number of carbonyl (C=O) groups is 2. The zero-order valence-corrected chi connectivity index (χ0v) is 23.7. The summed E-state index contributed by atoms with van der Waals surface area (Å²) in [5.74, 6) is 0.279. The second kappa shape index (κ2) is 13.1. The number of allylic oxidation sites excluding steroid dienone is 1. The topological polar surface area (TPSA) is 58.6 Å². The molecule has 1 aliphatic heterocycles. The quantitative estimate of drug-likeness (QED) is 0.168. The van der Waals surface area contributed by atoms with Gasteiger partial charge < -0.3 is 15.0 Å². The van der Waals surface area contributed by atoms with Crippen LogP contribution >= 0.6 is 0 Å². The summed E-state index contributed by atoms with van der Waals surface area (Å²) in [6.45, 7) is 5.78. The SMILES string of the molecule is CC(=O)Nc1ccc(/C(=C(\CCCOC(C)=O)c2ccccc2)c2ccc(C3CCN(C4CC4)CC3)cc2)cc1. The first-order valence-corrected chi connectivity index (χ1v) is 14.6. The van der Waals surface area contributed by atoms with Crippen molar-refractivity contribution in [1.82, 2.24) is 4.90 Å². The molecule has 2 aliphatic rings. The Balaban J connectivity index is 1.49. The van der Waals surface area contributed by atoms with Crippen LogP contribution < -0.4 is 5.32 Å². The summed E-state index contributed by atoms with van der Waals surface area (Å²) in [4.78, 5) is 25.7. The van der Waals surface area contributed by atoms with Crippen molar-refractivity contribution in [2.45, 2.75) is 64.3 Å². The third-order valence-electron chi connectivity index (χ3n) is 8.06. The molecule has 0 bridgehead atoms. The Bertz CT molecular complexity index is 1320. The number of esters is 1. The van der Waals surface area contributed by atoms with Crippen molar-refractivity contribution in [3.63, 3.8) is 0 Å². The number of anilines is 1. The van der Waals surface area contributed by atoms with Crippen LogP contribution in [0.25, 0.3) is 11.1 Å². The van der Waals surface area contributed by atoms with Gasteiger partial charge in [-0.05, 0) is 103 Å². The molecule has 0 unspecified atom stereocenters. The molecule has 3 aromatic carbocycles. The van der Waals surface area contributed by atoms with Crippen LogP contribution in [0.2, 0.25) is 0 Å². The molecular formula is C35H40N2O3. The highest BCUT2D eigenvalue weighted by molar-refractivity contribution is 5.99. The molecule has 3 aromatic rings. The summed E-state index contributed by atoms with van der Waals surface area (Å²) in [5, 5.41) is 2.87. The van der Waals surface area contributed by atoms with Gasteiger partial charge in [-0.1, -0.05) is 66.7 Å². The molecule has 1 N–H and O–H groups in total. The van der Waals surface area contributed by atoms with Gasteiger partial charge in [0, 0.05) is 25.6 Å². The fourth-order valence-corrected chi connectivity index (χ4v) is 5.92. The highest BCUT2D eigenvalue weighted by atomic mass is 16.5. The molecule has 1 saturated carbocycles. The number of nitrogens with zero attached hydrogens (tertiary/aromatic N) is 1. The van der Waals surface area contributed by atoms with Crippen molar-refractivity contribution in [3.8, 4) is 0 Å². The fourth-order valence-electron chi connectivity index (χ4n) is 5.92. The molecule has 1 aliphatic carbocycles. The second-order valence-corrected chi connectivity index (χ2v) is 11.1. The smallest absolute Gasteiger partial charge is 0.302 e. The van der Waals surface area contributed by atoms with E-state index in [2.05, 4.69) is 70.9 Å². The van der Waals surface area contributed by atoms with Crippen LogP contribution in [0.1, 0.15) is 80.5 Å². The number of nitrogens with one attached hydrogen (secondary N) is 1. The van der Waals surface area contributed by atoms with Gasteiger partial charge in [0.25, 0.3) is 0 Å². The summed E-state index contributed by atoms with van der Waals surface area (Å²) < 4.78 is 5.28. The lowest BCUT2D eigenvalue weighted by atomic mass is 9.85. The molecular weight excluding hydrogens is 496 g/mol. The molecule has 208 valence electrons. The minimum absolute atomic E-state index is 0.0856. The van der Waals surface area contributed by atoms with E-state index >= 15 is 0 Å². The Labute approximate surface area is 238 Å². The zero-order chi connectivity index (χ0) is 27.9. The molecule has 0 spiro atoms. The maximum Gasteiger partial charge on any atom is 0.302 e. The van der Waals surface area contributed by atoms with Gasteiger partial charge in [0.05, 0.1) is 6.61 Å². The first kappa shape index (κ1) is 27.9. The maximum absolute atomic E-state index is 11.6. The Hall–Kier alpha value is -3.70. The predicted molar refractivity (Wildman–Crippen MR) is 162 cm³/mol. The van der Waals surface area contributed by atoms with Crippen LogP contribution in [0.3, 0.4) is 0 Å². The van der Waals surface area contributed by atoms with E-state index in [0.717, 1.165) is 41.3 Å². The van der Waals surface area contributed by atoms with Gasteiger partial charge in [0.15, 0.2) is 0 Å². The largest absolute Gasteiger partial charge is 0.466 e. The number of hydrogen-bond donors (Lipinski definition) is 1. The number of piperidine rings is 1. The monoisotopic (exact) mass is 536 g/mol. The standard InChI is InChI=1S/C35H40N2O3/c1-25(38)36-32-16-14-31(15-17-32)35(34(9-6-24-40-26(2)39)29-7-4-3-5-8-29)30-12-10-27(11-13-30)28-20-22-37(23-21-28)33-18-19-33/h3-5,7-8,10-17,28,33H,6,9,18-24H2,1-2H3,(H,36,38)/b35-34+. The van der Waals surface area contributed by atoms with Gasteiger partial charge >= 0.3 is 5.97 Å². The number of amides is 1. The Morgan fingerprint density at radius 2 is 1.43 bits per heavy atom. The van der Waals surface area contributed by atoms with Crippen molar-refractivity contribution < 1.29 is 14.3 Å². The molecule has 5 rings (SSSR count). The van der Waals surface area contributed by atoms with Gasteiger partial charge in [-0.3, -0.25) is 9.59 Å². The third kappa shape index (κ3) is 7.28. The average molecular weight is 537 g/mol. The van der Waals surface area contributed by atoms with Gasteiger partial charge in [0.2, 0.25) is 5.91 Å². The fraction of sp³-hybridized carbons (Fsp3) is 0.371. The maximum atomic E-state index is 11.6. The minimum atomic E-state index is -0.252. The van der Waals surface area contributed by atoms with Crippen molar-refractivity contribution in [1.29, 1.82) is 0 Å². The van der Waals surface area contributed by atoms with E-state index in [9.17, 15) is 9.59 Å².